The van der Waals surface area contributed by atoms with Crippen LogP contribution < -0.4 is 10.6 Å². The van der Waals surface area contributed by atoms with E-state index in [0.717, 1.165) is 31.2 Å². The molecule has 31 heavy (non-hydrogen) atoms. The number of aromatic nitrogens is 2. The number of carbonyl (C=O) groups is 3. The topological polar surface area (TPSA) is 96.3 Å². The summed E-state index contributed by atoms with van der Waals surface area (Å²) < 4.78 is 1.46. The Morgan fingerprint density at radius 2 is 1.97 bits per heavy atom. The van der Waals surface area contributed by atoms with Gasteiger partial charge in [0.25, 0.3) is 11.8 Å². The van der Waals surface area contributed by atoms with E-state index in [2.05, 4.69) is 15.7 Å². The number of carbonyl (C=O) groups excluding carboxylic acids is 3. The van der Waals surface area contributed by atoms with E-state index >= 15 is 0 Å². The van der Waals surface area contributed by atoms with E-state index in [-0.39, 0.29) is 42.3 Å². The Balaban J connectivity index is 1.50. The number of hydrogen-bond acceptors (Lipinski definition) is 4. The predicted molar refractivity (Wildman–Crippen MR) is 116 cm³/mol. The first-order chi connectivity index (χ1) is 14.8. The van der Waals surface area contributed by atoms with Crippen LogP contribution in [-0.2, 0) is 17.9 Å². The Kier molecular flexibility index (Phi) is 5.75. The van der Waals surface area contributed by atoms with Crippen LogP contribution >= 0.6 is 11.6 Å². The molecule has 4 rings (SSSR count). The van der Waals surface area contributed by atoms with Crippen molar-refractivity contribution in [2.75, 3.05) is 7.05 Å². The lowest BCUT2D eigenvalue weighted by Crippen LogP contribution is -2.63. The molecule has 164 valence electrons. The smallest absolute Gasteiger partial charge is 0.272 e. The quantitative estimate of drug-likeness (QED) is 0.741. The van der Waals surface area contributed by atoms with E-state index in [1.807, 2.05) is 18.2 Å². The van der Waals surface area contributed by atoms with Crippen LogP contribution in [0.1, 0.15) is 59.1 Å². The van der Waals surface area contributed by atoms with E-state index in [1.165, 1.54) is 15.6 Å². The highest BCUT2D eigenvalue weighted by molar-refractivity contribution is 6.31. The van der Waals surface area contributed by atoms with Gasteiger partial charge in [-0.25, -0.2) is 0 Å². The molecule has 1 aliphatic carbocycles. The number of nitrogens with one attached hydrogen (secondary N) is 2. The van der Waals surface area contributed by atoms with E-state index < -0.39 is 11.4 Å². The second kappa shape index (κ2) is 8.34. The highest BCUT2D eigenvalue weighted by Crippen LogP contribution is 2.27. The van der Waals surface area contributed by atoms with Crippen LogP contribution in [0.25, 0.3) is 0 Å². The monoisotopic (exact) mass is 443 g/mol. The summed E-state index contributed by atoms with van der Waals surface area (Å²) >= 11 is 6.13. The van der Waals surface area contributed by atoms with Gasteiger partial charge in [0.1, 0.15) is 11.2 Å². The maximum atomic E-state index is 13.0. The molecule has 2 aromatic rings. The van der Waals surface area contributed by atoms with Gasteiger partial charge in [-0.05, 0) is 31.4 Å². The lowest BCUT2D eigenvalue weighted by molar-refractivity contribution is -0.133. The first-order valence-corrected chi connectivity index (χ1v) is 10.9. The lowest BCUT2D eigenvalue weighted by atomic mass is 9.95. The highest BCUT2D eigenvalue weighted by Gasteiger charge is 2.46. The normalized spacial score (nSPS) is 21.1. The summed E-state index contributed by atoms with van der Waals surface area (Å²) in [6.45, 7) is 2.16. The van der Waals surface area contributed by atoms with Gasteiger partial charge < -0.3 is 15.5 Å². The minimum absolute atomic E-state index is 0.129. The molecule has 1 atom stereocenters. The molecule has 3 amide bonds. The molecule has 1 saturated carbocycles. The fourth-order valence-corrected chi connectivity index (χ4v) is 4.36. The number of benzene rings is 1. The molecule has 1 unspecified atom stereocenters. The molecule has 2 N–H and O–H groups in total. The molecular formula is C22H26ClN5O3. The third-order valence-electron chi connectivity index (χ3n) is 6.31. The van der Waals surface area contributed by atoms with Crippen LogP contribution in [0.15, 0.2) is 30.3 Å². The average molecular weight is 444 g/mol. The molecule has 8 nitrogen and oxygen atoms in total. The Hall–Kier alpha value is -2.87. The van der Waals surface area contributed by atoms with Crippen LogP contribution in [0.2, 0.25) is 5.02 Å². The molecule has 0 spiro atoms. The molecule has 1 aromatic carbocycles. The summed E-state index contributed by atoms with van der Waals surface area (Å²) in [5, 5.41) is 10.7. The molecule has 0 saturated heterocycles. The fourth-order valence-electron chi connectivity index (χ4n) is 4.16. The molecule has 1 fully saturated rings. The highest BCUT2D eigenvalue weighted by atomic mass is 35.5. The van der Waals surface area contributed by atoms with Gasteiger partial charge in [0.15, 0.2) is 5.69 Å². The third-order valence-corrected chi connectivity index (χ3v) is 6.68. The van der Waals surface area contributed by atoms with Gasteiger partial charge in [0, 0.05) is 30.7 Å². The van der Waals surface area contributed by atoms with E-state index in [0.29, 0.717) is 5.02 Å². The Morgan fingerprint density at radius 3 is 2.68 bits per heavy atom. The van der Waals surface area contributed by atoms with Crippen molar-refractivity contribution in [2.45, 2.75) is 57.3 Å². The Labute approximate surface area is 185 Å². The van der Waals surface area contributed by atoms with E-state index in [1.54, 1.807) is 20.0 Å². The Morgan fingerprint density at radius 1 is 1.26 bits per heavy atom. The van der Waals surface area contributed by atoms with Gasteiger partial charge in [-0.2, -0.15) is 5.10 Å². The predicted octanol–water partition coefficient (Wildman–Crippen LogP) is 2.37. The van der Waals surface area contributed by atoms with Crippen LogP contribution in [0, 0.1) is 0 Å². The molecule has 1 aliphatic heterocycles. The van der Waals surface area contributed by atoms with Crippen LogP contribution in [0.4, 0.5) is 0 Å². The fraction of sp³-hybridized carbons (Fsp3) is 0.455. The van der Waals surface area contributed by atoms with Crippen LogP contribution in [0.5, 0.6) is 0 Å². The Bertz CT molecular complexity index is 1030. The summed E-state index contributed by atoms with van der Waals surface area (Å²) in [4.78, 5) is 40.1. The van der Waals surface area contributed by atoms with Gasteiger partial charge in [-0.3, -0.25) is 19.1 Å². The van der Waals surface area contributed by atoms with Crippen molar-refractivity contribution in [1.82, 2.24) is 25.3 Å². The van der Waals surface area contributed by atoms with Gasteiger partial charge in [-0.1, -0.05) is 42.6 Å². The summed E-state index contributed by atoms with van der Waals surface area (Å²) in [6.07, 6.45) is 4.13. The zero-order chi connectivity index (χ0) is 22.2. The maximum Gasteiger partial charge on any atom is 0.272 e. The first kappa shape index (κ1) is 21.4. The number of hydrogen-bond donors (Lipinski definition) is 2. The number of nitrogens with zero attached hydrogens (tertiary/aromatic N) is 3. The summed E-state index contributed by atoms with van der Waals surface area (Å²) in [6, 6.07) is 8.86. The number of fused-ring (bicyclic) bond motifs is 1. The summed E-state index contributed by atoms with van der Waals surface area (Å²) in [7, 11) is 1.62. The molecule has 2 heterocycles. The molecule has 0 bridgehead atoms. The molecule has 2 aliphatic rings. The third kappa shape index (κ3) is 4.04. The largest absolute Gasteiger partial charge is 0.351 e. The maximum absolute atomic E-state index is 13.0. The number of halogens is 1. The van der Waals surface area contributed by atoms with Gasteiger partial charge >= 0.3 is 0 Å². The van der Waals surface area contributed by atoms with Crippen molar-refractivity contribution in [3.8, 4) is 0 Å². The summed E-state index contributed by atoms with van der Waals surface area (Å²) in [5.74, 6) is -0.941. The van der Waals surface area contributed by atoms with Crippen molar-refractivity contribution < 1.29 is 14.4 Å². The van der Waals surface area contributed by atoms with Gasteiger partial charge in [-0.15, -0.1) is 0 Å². The number of amides is 3. The van der Waals surface area contributed by atoms with Crippen molar-refractivity contribution in [3.05, 3.63) is 52.3 Å². The van der Waals surface area contributed by atoms with Crippen LogP contribution in [-0.4, -0.2) is 51.0 Å². The first-order valence-electron chi connectivity index (χ1n) is 10.5. The van der Waals surface area contributed by atoms with Crippen molar-refractivity contribution in [1.29, 1.82) is 0 Å². The standard InChI is InChI=1S/C22H26ClN5O3/c1-22(21(31)25-15-8-4-5-9-15)13-28-18(20(30)27(22)2)11-17(26-28)19(29)24-12-14-7-3-6-10-16(14)23/h3,6-7,10-11,15H,4-5,8-9,12-13H2,1-2H3,(H,24,29)(H,25,31). The minimum Gasteiger partial charge on any atom is -0.351 e. The van der Waals surface area contributed by atoms with Crippen molar-refractivity contribution >= 4 is 29.3 Å². The molecular weight excluding hydrogens is 418 g/mol. The van der Waals surface area contributed by atoms with Gasteiger partial charge in [0.05, 0.1) is 6.54 Å². The van der Waals surface area contributed by atoms with Crippen molar-refractivity contribution in [2.24, 2.45) is 0 Å². The van der Waals surface area contributed by atoms with Crippen molar-refractivity contribution in [3.63, 3.8) is 0 Å². The number of rotatable bonds is 5. The second-order valence-electron chi connectivity index (χ2n) is 8.44. The zero-order valence-corrected chi connectivity index (χ0v) is 18.4. The van der Waals surface area contributed by atoms with Crippen LogP contribution in [0.3, 0.4) is 0 Å². The van der Waals surface area contributed by atoms with E-state index in [4.69, 9.17) is 11.6 Å². The second-order valence-corrected chi connectivity index (χ2v) is 8.85. The molecule has 0 radical (unpaired) electrons. The zero-order valence-electron chi connectivity index (χ0n) is 17.7. The average Bonchev–Trinajstić information content (AvgIpc) is 3.41. The summed E-state index contributed by atoms with van der Waals surface area (Å²) in [5.41, 5.74) is 0.124. The lowest BCUT2D eigenvalue weighted by Gasteiger charge is -2.41. The van der Waals surface area contributed by atoms with E-state index in [9.17, 15) is 14.4 Å². The minimum atomic E-state index is -1.08. The number of likely N-dealkylation sites (N-methyl/N-ethyl adjacent to an activating group) is 1. The molecule has 1 aromatic heterocycles. The SMILES string of the molecule is CN1C(=O)c2cc(C(=O)NCc3ccccc3Cl)nn2CC1(C)C(=O)NC1CCCC1. The molecule has 9 heteroatoms. The van der Waals surface area contributed by atoms with Gasteiger partial charge in [0.2, 0.25) is 5.91 Å².